The zero-order valence-electron chi connectivity index (χ0n) is 11.4. The zero-order chi connectivity index (χ0) is 15.0. The van der Waals surface area contributed by atoms with E-state index in [2.05, 4.69) is 11.4 Å². The minimum absolute atomic E-state index is 0.0107. The number of thioether (sulfide) groups is 1. The molecular weight excluding hydrogens is 310 g/mol. The fraction of sp³-hybridized carbons (Fsp3) is 0.462. The topological polar surface area (TPSA) is 92.5 Å². The number of nitrogens with one attached hydrogen (secondary N) is 1. The molecule has 8 heteroatoms. The van der Waals surface area contributed by atoms with E-state index < -0.39 is 15.3 Å². The highest BCUT2D eigenvalue weighted by atomic mass is 32.2. The van der Waals surface area contributed by atoms with E-state index in [1.807, 2.05) is 18.2 Å². The van der Waals surface area contributed by atoms with Crippen molar-refractivity contribution in [2.45, 2.75) is 22.6 Å². The molecule has 0 unspecified atom stereocenters. The van der Waals surface area contributed by atoms with E-state index in [0.29, 0.717) is 0 Å². The lowest BCUT2D eigenvalue weighted by atomic mass is 10.0. The third kappa shape index (κ3) is 3.02. The molecule has 6 nitrogen and oxygen atoms in total. The van der Waals surface area contributed by atoms with Crippen LogP contribution in [0.25, 0.3) is 0 Å². The number of carbonyl (C=O) groups is 1. The molecule has 3 rings (SSSR count). The summed E-state index contributed by atoms with van der Waals surface area (Å²) in [7, 11) is -3.54. The average Bonchev–Trinajstić information content (AvgIpc) is 2.35. The summed E-state index contributed by atoms with van der Waals surface area (Å²) in [5.41, 5.74) is 1.13. The monoisotopic (exact) mass is 327 g/mol. The van der Waals surface area contributed by atoms with Gasteiger partial charge < -0.3 is 10.2 Å². The number of fused-ring (bicyclic) bond motifs is 1. The standard InChI is InChI=1S/C13H17N3O3S2/c14-21(18,19)9-7-16(8-9)13(17)15-11-5-6-20-12-4-2-1-3-10(11)12/h1-4,9,11H,5-8H2,(H,15,17)(H2,14,18,19)/t11-/m0/s1. The van der Waals surface area contributed by atoms with Crippen molar-refractivity contribution in [1.29, 1.82) is 0 Å². The Hall–Kier alpha value is -1.25. The SMILES string of the molecule is NS(=O)(=O)C1CN(C(=O)N[C@H]2CCSc3ccccc32)C1. The van der Waals surface area contributed by atoms with Crippen molar-refractivity contribution in [1.82, 2.24) is 10.2 Å². The first-order valence-electron chi connectivity index (χ1n) is 6.74. The Kier molecular flexibility index (Phi) is 3.85. The highest BCUT2D eigenvalue weighted by molar-refractivity contribution is 7.99. The van der Waals surface area contributed by atoms with Crippen LogP contribution in [0.4, 0.5) is 4.79 Å². The van der Waals surface area contributed by atoms with Gasteiger partial charge in [0.15, 0.2) is 0 Å². The number of hydrogen-bond donors (Lipinski definition) is 2. The van der Waals surface area contributed by atoms with Crippen molar-refractivity contribution in [3.8, 4) is 0 Å². The van der Waals surface area contributed by atoms with Crippen LogP contribution in [0, 0.1) is 0 Å². The lowest BCUT2D eigenvalue weighted by Crippen LogP contribution is -2.61. The normalized spacial score (nSPS) is 22.3. The molecule has 0 aromatic heterocycles. The van der Waals surface area contributed by atoms with Crippen LogP contribution in [-0.4, -0.2) is 43.4 Å². The summed E-state index contributed by atoms with van der Waals surface area (Å²) in [6.45, 7) is 0.349. The summed E-state index contributed by atoms with van der Waals surface area (Å²) in [6, 6.07) is 7.80. The summed E-state index contributed by atoms with van der Waals surface area (Å²) >= 11 is 1.79. The molecule has 0 saturated carbocycles. The van der Waals surface area contributed by atoms with Gasteiger partial charge in [0.1, 0.15) is 5.25 Å². The first-order chi connectivity index (χ1) is 9.95. The van der Waals surface area contributed by atoms with E-state index in [1.54, 1.807) is 11.8 Å². The molecule has 1 aromatic rings. The molecule has 2 aliphatic rings. The molecular formula is C13H17N3O3S2. The van der Waals surface area contributed by atoms with Gasteiger partial charge in [-0.2, -0.15) is 0 Å². The highest BCUT2D eigenvalue weighted by Gasteiger charge is 2.38. The van der Waals surface area contributed by atoms with Gasteiger partial charge in [0, 0.05) is 23.7 Å². The molecule has 0 aliphatic carbocycles. The number of benzene rings is 1. The van der Waals surface area contributed by atoms with Gasteiger partial charge >= 0.3 is 6.03 Å². The van der Waals surface area contributed by atoms with Crippen LogP contribution in [0.15, 0.2) is 29.2 Å². The Balaban J connectivity index is 1.63. The average molecular weight is 327 g/mol. The number of likely N-dealkylation sites (tertiary alicyclic amines) is 1. The Morgan fingerprint density at radius 2 is 2.05 bits per heavy atom. The van der Waals surface area contributed by atoms with E-state index in [1.165, 1.54) is 9.80 Å². The van der Waals surface area contributed by atoms with E-state index in [4.69, 9.17) is 5.14 Å². The van der Waals surface area contributed by atoms with Gasteiger partial charge in [-0.05, 0) is 18.1 Å². The predicted octanol–water partition coefficient (Wildman–Crippen LogP) is 0.906. The van der Waals surface area contributed by atoms with Crippen LogP contribution < -0.4 is 10.5 Å². The Bertz CT molecular complexity index is 656. The van der Waals surface area contributed by atoms with Crippen molar-refractivity contribution in [2.75, 3.05) is 18.8 Å². The van der Waals surface area contributed by atoms with Gasteiger partial charge in [0.25, 0.3) is 0 Å². The third-order valence-electron chi connectivity index (χ3n) is 3.86. The van der Waals surface area contributed by atoms with Crippen LogP contribution in [0.5, 0.6) is 0 Å². The van der Waals surface area contributed by atoms with Crippen molar-refractivity contribution in [3.63, 3.8) is 0 Å². The van der Waals surface area contributed by atoms with Gasteiger partial charge in [-0.3, -0.25) is 0 Å². The van der Waals surface area contributed by atoms with Crippen molar-refractivity contribution < 1.29 is 13.2 Å². The van der Waals surface area contributed by atoms with Crippen LogP contribution >= 0.6 is 11.8 Å². The maximum Gasteiger partial charge on any atom is 0.317 e. The number of sulfonamides is 1. The first kappa shape index (κ1) is 14.7. The fourth-order valence-corrected chi connectivity index (χ4v) is 4.44. The van der Waals surface area contributed by atoms with E-state index >= 15 is 0 Å². The van der Waals surface area contributed by atoms with Gasteiger partial charge in [0.05, 0.1) is 6.04 Å². The fourth-order valence-electron chi connectivity index (χ4n) is 2.54. The second-order valence-electron chi connectivity index (χ2n) is 5.29. The summed E-state index contributed by atoms with van der Waals surface area (Å²) in [4.78, 5) is 14.8. The molecule has 0 bridgehead atoms. The molecule has 1 atom stereocenters. The molecule has 3 N–H and O–H groups in total. The Morgan fingerprint density at radius 1 is 1.33 bits per heavy atom. The van der Waals surface area contributed by atoms with E-state index in [0.717, 1.165) is 17.7 Å². The molecule has 1 saturated heterocycles. The van der Waals surface area contributed by atoms with Gasteiger partial charge in [0.2, 0.25) is 10.0 Å². The highest BCUT2D eigenvalue weighted by Crippen LogP contribution is 2.36. The third-order valence-corrected chi connectivity index (χ3v) is 6.21. The van der Waals surface area contributed by atoms with Crippen LogP contribution in [-0.2, 0) is 10.0 Å². The molecule has 2 amide bonds. The minimum Gasteiger partial charge on any atom is -0.331 e. The Morgan fingerprint density at radius 3 is 2.76 bits per heavy atom. The number of urea groups is 1. The molecule has 2 aliphatic heterocycles. The summed E-state index contributed by atoms with van der Waals surface area (Å²) in [5, 5.41) is 7.42. The smallest absolute Gasteiger partial charge is 0.317 e. The molecule has 0 radical (unpaired) electrons. The van der Waals surface area contributed by atoms with Crippen LogP contribution in [0.1, 0.15) is 18.0 Å². The number of rotatable bonds is 2. The molecule has 1 aromatic carbocycles. The lowest BCUT2D eigenvalue weighted by Gasteiger charge is -2.38. The molecule has 0 spiro atoms. The minimum atomic E-state index is -3.54. The Labute approximate surface area is 128 Å². The van der Waals surface area contributed by atoms with E-state index in [9.17, 15) is 13.2 Å². The molecule has 1 fully saturated rings. The van der Waals surface area contributed by atoms with Crippen LogP contribution in [0.3, 0.4) is 0 Å². The quantitative estimate of drug-likeness (QED) is 0.844. The summed E-state index contributed by atoms with van der Waals surface area (Å²) in [6.07, 6.45) is 0.875. The van der Waals surface area contributed by atoms with Crippen LogP contribution in [0.2, 0.25) is 0 Å². The summed E-state index contributed by atoms with van der Waals surface area (Å²) < 4.78 is 22.3. The first-order valence-corrected chi connectivity index (χ1v) is 9.33. The van der Waals surface area contributed by atoms with Crippen molar-refractivity contribution in [3.05, 3.63) is 29.8 Å². The van der Waals surface area contributed by atoms with Gasteiger partial charge in [-0.25, -0.2) is 18.4 Å². The maximum atomic E-state index is 12.1. The summed E-state index contributed by atoms with van der Waals surface area (Å²) in [5.74, 6) is 0.960. The number of nitrogens with two attached hydrogens (primary N) is 1. The number of nitrogens with zero attached hydrogens (tertiary/aromatic N) is 1. The molecule has 2 heterocycles. The second-order valence-corrected chi connectivity index (χ2v) is 8.27. The number of primary sulfonamides is 1. The largest absolute Gasteiger partial charge is 0.331 e. The van der Waals surface area contributed by atoms with Gasteiger partial charge in [-0.15, -0.1) is 11.8 Å². The van der Waals surface area contributed by atoms with E-state index in [-0.39, 0.29) is 25.2 Å². The second kappa shape index (κ2) is 5.51. The van der Waals surface area contributed by atoms with Crippen molar-refractivity contribution in [2.24, 2.45) is 5.14 Å². The number of hydrogen-bond acceptors (Lipinski definition) is 4. The zero-order valence-corrected chi connectivity index (χ0v) is 13.0. The maximum absolute atomic E-state index is 12.1. The number of amides is 2. The molecule has 21 heavy (non-hydrogen) atoms. The lowest BCUT2D eigenvalue weighted by molar-refractivity contribution is 0.165. The van der Waals surface area contributed by atoms with Gasteiger partial charge in [-0.1, -0.05) is 18.2 Å². The van der Waals surface area contributed by atoms with Crippen molar-refractivity contribution >= 4 is 27.8 Å². The number of carbonyl (C=O) groups excluding carboxylic acids is 1. The predicted molar refractivity (Wildman–Crippen MR) is 81.5 cm³/mol. The molecule has 114 valence electrons.